The van der Waals surface area contributed by atoms with Crippen LogP contribution in [0.25, 0.3) is 99.5 Å². The van der Waals surface area contributed by atoms with Crippen LogP contribution >= 0.6 is 0 Å². The highest BCUT2D eigenvalue weighted by molar-refractivity contribution is 6.19. The van der Waals surface area contributed by atoms with E-state index in [1.165, 1.54) is 88.3 Å². The van der Waals surface area contributed by atoms with Gasteiger partial charge in [-0.3, -0.25) is 4.57 Å². The molecular weight excluding hydrogens is 789 g/mol. The lowest BCUT2D eigenvalue weighted by molar-refractivity contribution is 0.660. The summed E-state index contributed by atoms with van der Waals surface area (Å²) in [6.07, 6.45) is 0.865. The van der Waals surface area contributed by atoms with Crippen molar-refractivity contribution in [3.8, 4) is 45.1 Å². The van der Waals surface area contributed by atoms with Crippen LogP contribution in [0.5, 0.6) is 0 Å². The molecule has 65 heavy (non-hydrogen) atoms. The summed E-state index contributed by atoms with van der Waals surface area (Å²) in [6.45, 7) is 4.69. The molecule has 0 spiro atoms. The van der Waals surface area contributed by atoms with Crippen LogP contribution in [0.2, 0.25) is 0 Å². The molecule has 1 unspecified atom stereocenters. The molecule has 306 valence electrons. The zero-order chi connectivity index (χ0) is 43.0. The molecule has 0 saturated heterocycles. The van der Waals surface area contributed by atoms with Gasteiger partial charge in [0, 0.05) is 60.8 Å². The number of aromatic nitrogens is 4. The Bertz CT molecular complexity index is 3930. The second kappa shape index (κ2) is 13.5. The van der Waals surface area contributed by atoms with Crippen LogP contribution in [0, 0.1) is 0 Å². The molecule has 12 aromatic rings. The molecule has 4 heteroatoms. The van der Waals surface area contributed by atoms with Crippen molar-refractivity contribution in [2.45, 2.75) is 31.6 Å². The Balaban J connectivity index is 1.01. The number of para-hydroxylation sites is 4. The summed E-state index contributed by atoms with van der Waals surface area (Å²) in [4.78, 5) is 11.0. The lowest BCUT2D eigenvalue weighted by atomic mass is 9.76. The molecule has 2 aliphatic carbocycles. The van der Waals surface area contributed by atoms with Gasteiger partial charge in [-0.05, 0) is 93.2 Å². The van der Waals surface area contributed by atoms with E-state index in [1.54, 1.807) is 0 Å². The summed E-state index contributed by atoms with van der Waals surface area (Å²) in [7, 11) is 0. The molecule has 4 nitrogen and oxygen atoms in total. The lowest BCUT2D eigenvalue weighted by Crippen LogP contribution is -2.15. The van der Waals surface area contributed by atoms with Gasteiger partial charge in [0.15, 0.2) is 0 Å². The molecule has 2 aliphatic rings. The molecule has 0 saturated carbocycles. The lowest BCUT2D eigenvalue weighted by Gasteiger charge is -2.29. The predicted octanol–water partition coefficient (Wildman–Crippen LogP) is 15.2. The molecule has 0 N–H and O–H groups in total. The molecule has 0 aliphatic heterocycles. The predicted molar refractivity (Wildman–Crippen MR) is 269 cm³/mol. The van der Waals surface area contributed by atoms with Crippen molar-refractivity contribution in [2.75, 3.05) is 0 Å². The van der Waals surface area contributed by atoms with Crippen molar-refractivity contribution in [3.63, 3.8) is 0 Å². The maximum atomic E-state index is 5.62. The summed E-state index contributed by atoms with van der Waals surface area (Å²) in [5, 5.41) is 7.17. The number of fused-ring (bicyclic) bond motifs is 14. The standard InChI is InChI=1S/C61H42N4/c1-61(2)51-28-14-10-22-41(51)42-33-32-37(34-52(42)61)58-46-26-11-15-29-53(46)62-60(63-58)65-54-30-16-12-23-43(54)50-35-48(40-21-7-9-25-45(40)59(50)65)49-36-56-57(44-24-8-6-20-39(44)49)47-27-13-17-31-55(47)64(56)38-18-4-3-5-19-38/h3-35,49H,36H2,1-2H3. The third-order valence-electron chi connectivity index (χ3n) is 14.7. The largest absolute Gasteiger partial charge is 0.313 e. The second-order valence-electron chi connectivity index (χ2n) is 18.4. The van der Waals surface area contributed by atoms with Crippen LogP contribution in [0.4, 0.5) is 0 Å². The Morgan fingerprint density at radius 1 is 0.462 bits per heavy atom. The normalized spacial score (nSPS) is 14.8. The van der Waals surface area contributed by atoms with E-state index in [2.05, 4.69) is 223 Å². The molecular formula is C61H42N4. The van der Waals surface area contributed by atoms with E-state index < -0.39 is 0 Å². The first kappa shape index (κ1) is 36.4. The van der Waals surface area contributed by atoms with E-state index in [1.807, 2.05) is 0 Å². The topological polar surface area (TPSA) is 35.6 Å². The van der Waals surface area contributed by atoms with Crippen LogP contribution < -0.4 is 0 Å². The third kappa shape index (κ3) is 5.08. The Kier molecular flexibility index (Phi) is 7.54. The van der Waals surface area contributed by atoms with Crippen molar-refractivity contribution in [3.05, 3.63) is 228 Å². The highest BCUT2D eigenvalue weighted by Gasteiger charge is 2.36. The van der Waals surface area contributed by atoms with E-state index in [9.17, 15) is 0 Å². The Morgan fingerprint density at radius 3 is 1.92 bits per heavy atom. The van der Waals surface area contributed by atoms with Gasteiger partial charge in [-0.2, -0.15) is 0 Å². The fourth-order valence-corrected chi connectivity index (χ4v) is 11.9. The average Bonchev–Trinajstić information content (AvgIpc) is 3.96. The minimum atomic E-state index is -0.129. The zero-order valence-corrected chi connectivity index (χ0v) is 36.1. The highest BCUT2D eigenvalue weighted by atomic mass is 15.2. The minimum Gasteiger partial charge on any atom is -0.313 e. The fourth-order valence-electron chi connectivity index (χ4n) is 11.9. The van der Waals surface area contributed by atoms with Crippen molar-refractivity contribution < 1.29 is 0 Å². The maximum Gasteiger partial charge on any atom is 0.235 e. The summed E-state index contributed by atoms with van der Waals surface area (Å²) in [6, 6.07) is 73.5. The van der Waals surface area contributed by atoms with Crippen molar-refractivity contribution in [1.82, 2.24) is 19.1 Å². The summed E-state index contributed by atoms with van der Waals surface area (Å²) in [5.41, 5.74) is 19.5. The Hall–Kier alpha value is -8.08. The summed E-state index contributed by atoms with van der Waals surface area (Å²) in [5.74, 6) is 0.784. The van der Waals surface area contributed by atoms with Gasteiger partial charge in [0.25, 0.3) is 0 Å². The molecule has 9 aromatic carbocycles. The quantitative estimate of drug-likeness (QED) is 0.177. The third-order valence-corrected chi connectivity index (χ3v) is 14.7. The van der Waals surface area contributed by atoms with Gasteiger partial charge in [0.2, 0.25) is 5.95 Å². The molecule has 0 amide bonds. The van der Waals surface area contributed by atoms with Gasteiger partial charge < -0.3 is 4.57 Å². The first-order valence-electron chi connectivity index (χ1n) is 22.8. The van der Waals surface area contributed by atoms with Gasteiger partial charge in [0.1, 0.15) is 0 Å². The van der Waals surface area contributed by atoms with Crippen LogP contribution in [-0.4, -0.2) is 19.1 Å². The van der Waals surface area contributed by atoms with E-state index in [-0.39, 0.29) is 11.3 Å². The number of benzene rings is 9. The molecule has 0 bridgehead atoms. The molecule has 0 radical (unpaired) electrons. The van der Waals surface area contributed by atoms with Crippen LogP contribution in [0.15, 0.2) is 200 Å². The van der Waals surface area contributed by atoms with E-state index >= 15 is 0 Å². The number of hydrogen-bond donors (Lipinski definition) is 0. The zero-order valence-electron chi connectivity index (χ0n) is 36.1. The second-order valence-corrected chi connectivity index (χ2v) is 18.4. The number of rotatable bonds is 4. The maximum absolute atomic E-state index is 5.62. The van der Waals surface area contributed by atoms with Crippen molar-refractivity contribution >= 4 is 54.4 Å². The van der Waals surface area contributed by atoms with Gasteiger partial charge in [-0.1, -0.05) is 172 Å². The van der Waals surface area contributed by atoms with Gasteiger partial charge in [-0.25, -0.2) is 9.97 Å². The fraction of sp³-hybridized carbons (Fsp3) is 0.0820. The minimum absolute atomic E-state index is 0.112. The summed E-state index contributed by atoms with van der Waals surface area (Å²) < 4.78 is 4.84. The van der Waals surface area contributed by atoms with E-state index in [0.29, 0.717) is 5.95 Å². The molecule has 0 fully saturated rings. The van der Waals surface area contributed by atoms with Gasteiger partial charge >= 0.3 is 0 Å². The number of hydrogen-bond acceptors (Lipinski definition) is 2. The van der Waals surface area contributed by atoms with Crippen LogP contribution in [-0.2, 0) is 11.8 Å². The highest BCUT2D eigenvalue weighted by Crippen LogP contribution is 2.52. The first-order valence-corrected chi connectivity index (χ1v) is 22.8. The van der Waals surface area contributed by atoms with Gasteiger partial charge in [0.05, 0.1) is 27.8 Å². The SMILES string of the molecule is CC1(C)c2ccccc2-c2ccc(-c3nc(-n4c5ccccc5c5cc(C6Cc7c(c8ccccc8n7-c7ccccc7)-c7ccccc76)c6ccccc6c54)nc4ccccc34)cc21. The smallest absolute Gasteiger partial charge is 0.235 e. The molecule has 3 heterocycles. The molecule has 3 aromatic heterocycles. The summed E-state index contributed by atoms with van der Waals surface area (Å²) >= 11 is 0. The number of nitrogens with zero attached hydrogens (tertiary/aromatic N) is 4. The Morgan fingerprint density at radius 2 is 1.09 bits per heavy atom. The van der Waals surface area contributed by atoms with Gasteiger partial charge in [-0.15, -0.1) is 0 Å². The molecule has 14 rings (SSSR count). The molecule has 1 atom stereocenters. The van der Waals surface area contributed by atoms with E-state index in [4.69, 9.17) is 9.97 Å². The van der Waals surface area contributed by atoms with Crippen molar-refractivity contribution in [1.29, 1.82) is 0 Å². The van der Waals surface area contributed by atoms with E-state index in [0.717, 1.165) is 39.6 Å². The monoisotopic (exact) mass is 830 g/mol. The van der Waals surface area contributed by atoms with Crippen LogP contribution in [0.3, 0.4) is 0 Å². The average molecular weight is 831 g/mol. The first-order chi connectivity index (χ1) is 32.0. The van der Waals surface area contributed by atoms with Crippen LogP contribution in [0.1, 0.15) is 47.7 Å². The Labute approximate surface area is 376 Å². The van der Waals surface area contributed by atoms with Crippen molar-refractivity contribution in [2.24, 2.45) is 0 Å².